The van der Waals surface area contributed by atoms with E-state index >= 15 is 0 Å². The van der Waals surface area contributed by atoms with Crippen molar-refractivity contribution >= 4 is 23.4 Å². The second kappa shape index (κ2) is 12.3. The fourth-order valence-electron chi connectivity index (χ4n) is 5.39. The Balaban J connectivity index is 1.46. The summed E-state index contributed by atoms with van der Waals surface area (Å²) < 4.78 is 6.01. The number of carbonyl (C=O) groups excluding carboxylic acids is 2. The van der Waals surface area contributed by atoms with Crippen molar-refractivity contribution in [2.45, 2.75) is 64.7 Å². The third-order valence-corrected chi connectivity index (χ3v) is 7.31. The van der Waals surface area contributed by atoms with Gasteiger partial charge in [0.05, 0.1) is 0 Å². The number of carbonyl (C=O) groups is 2. The number of nitrogens with one attached hydrogen (secondary N) is 1. The molecule has 1 N–H and O–H groups in total. The maximum atomic E-state index is 12.8. The lowest BCUT2D eigenvalue weighted by Crippen LogP contribution is -2.46. The number of rotatable bonds is 9. The van der Waals surface area contributed by atoms with E-state index in [-0.39, 0.29) is 29.8 Å². The first-order valence-corrected chi connectivity index (χ1v) is 13.1. The predicted octanol–water partition coefficient (Wildman–Crippen LogP) is 4.71. The minimum Gasteiger partial charge on any atom is -0.483 e. The van der Waals surface area contributed by atoms with E-state index in [0.717, 1.165) is 30.7 Å². The van der Waals surface area contributed by atoms with Gasteiger partial charge in [-0.2, -0.15) is 0 Å². The Bertz CT molecular complexity index is 828. The van der Waals surface area contributed by atoms with E-state index in [1.54, 1.807) is 0 Å². The van der Waals surface area contributed by atoms with E-state index in [1.165, 1.54) is 19.3 Å². The van der Waals surface area contributed by atoms with Crippen LogP contribution in [-0.2, 0) is 9.59 Å². The van der Waals surface area contributed by atoms with Crippen molar-refractivity contribution in [2.24, 2.45) is 11.3 Å². The Morgan fingerprint density at radius 1 is 1.12 bits per heavy atom. The predicted molar refractivity (Wildman–Crippen MR) is 137 cm³/mol. The van der Waals surface area contributed by atoms with Crippen LogP contribution in [0.2, 0.25) is 5.02 Å². The van der Waals surface area contributed by atoms with Gasteiger partial charge in [-0.3, -0.25) is 9.59 Å². The van der Waals surface area contributed by atoms with Crippen molar-refractivity contribution < 1.29 is 14.3 Å². The van der Waals surface area contributed by atoms with Crippen LogP contribution in [0, 0.1) is 11.3 Å². The number of ether oxygens (including phenoxy) is 1. The van der Waals surface area contributed by atoms with Gasteiger partial charge in [0.25, 0.3) is 5.91 Å². The van der Waals surface area contributed by atoms with Gasteiger partial charge in [-0.25, -0.2) is 0 Å². The molecule has 1 saturated carbocycles. The average molecular weight is 492 g/mol. The molecule has 6 nitrogen and oxygen atoms in total. The summed E-state index contributed by atoms with van der Waals surface area (Å²) >= 11 is 6.26. The van der Waals surface area contributed by atoms with Gasteiger partial charge in [-0.05, 0) is 74.9 Å². The summed E-state index contributed by atoms with van der Waals surface area (Å²) in [5.41, 5.74) is 1.15. The Kier molecular flexibility index (Phi) is 9.66. The molecule has 1 aliphatic heterocycles. The van der Waals surface area contributed by atoms with E-state index in [9.17, 15) is 9.59 Å². The molecule has 3 rings (SSSR count). The number of hydrogen-bond acceptors (Lipinski definition) is 4. The quantitative estimate of drug-likeness (QED) is 0.543. The Labute approximate surface area is 210 Å². The van der Waals surface area contributed by atoms with Crippen molar-refractivity contribution in [3.63, 3.8) is 0 Å². The number of hydrogen-bond donors (Lipinski definition) is 1. The SMILES string of the molecule is CN(C)CC(C)(C)CNC(=O)C1CCN(C(=O)COc2ccc(Cl)cc2C2CCCCC2)CC1. The molecule has 190 valence electrons. The zero-order valence-corrected chi connectivity index (χ0v) is 22.1. The van der Waals surface area contributed by atoms with E-state index in [2.05, 4.69) is 24.1 Å². The lowest BCUT2D eigenvalue weighted by Gasteiger charge is -2.33. The summed E-state index contributed by atoms with van der Waals surface area (Å²) in [6.07, 6.45) is 7.42. The second-order valence-corrected chi connectivity index (χ2v) is 11.5. The van der Waals surface area contributed by atoms with Crippen LogP contribution in [0.5, 0.6) is 5.75 Å². The highest BCUT2D eigenvalue weighted by Gasteiger charge is 2.29. The highest BCUT2D eigenvalue weighted by Crippen LogP contribution is 2.38. The van der Waals surface area contributed by atoms with Crippen LogP contribution in [0.15, 0.2) is 18.2 Å². The second-order valence-electron chi connectivity index (χ2n) is 11.1. The molecule has 0 atom stereocenters. The Morgan fingerprint density at radius 2 is 1.79 bits per heavy atom. The van der Waals surface area contributed by atoms with Gasteiger partial charge in [-0.1, -0.05) is 44.7 Å². The standard InChI is InChI=1S/C27H42ClN3O3/c1-27(2,19-30(3)4)18-29-26(33)21-12-14-31(15-13-21)25(32)17-34-24-11-10-22(28)16-23(24)20-8-6-5-7-9-20/h10-11,16,20-21H,5-9,12-15,17-19H2,1-4H3,(H,29,33). The van der Waals surface area contributed by atoms with Gasteiger partial charge in [0.15, 0.2) is 6.61 Å². The van der Waals surface area contributed by atoms with Crippen LogP contribution in [0.25, 0.3) is 0 Å². The zero-order valence-electron chi connectivity index (χ0n) is 21.4. The number of halogens is 1. The Hall–Kier alpha value is -1.79. The largest absolute Gasteiger partial charge is 0.483 e. The van der Waals surface area contributed by atoms with Crippen LogP contribution >= 0.6 is 11.6 Å². The number of amides is 2. The normalized spacial score (nSPS) is 18.2. The zero-order chi connectivity index (χ0) is 24.7. The van der Waals surface area contributed by atoms with E-state index in [1.807, 2.05) is 37.2 Å². The number of piperidine rings is 1. The molecule has 1 aromatic rings. The van der Waals surface area contributed by atoms with Crippen molar-refractivity contribution in [1.82, 2.24) is 15.1 Å². The Morgan fingerprint density at radius 3 is 2.44 bits per heavy atom. The van der Waals surface area contributed by atoms with Crippen LogP contribution in [0.1, 0.15) is 70.3 Å². The molecule has 2 aliphatic rings. The smallest absolute Gasteiger partial charge is 0.260 e. The molecule has 1 saturated heterocycles. The molecular weight excluding hydrogens is 450 g/mol. The highest BCUT2D eigenvalue weighted by atomic mass is 35.5. The van der Waals surface area contributed by atoms with E-state index in [4.69, 9.17) is 16.3 Å². The molecule has 2 amide bonds. The summed E-state index contributed by atoms with van der Waals surface area (Å²) in [6, 6.07) is 5.73. The monoisotopic (exact) mass is 491 g/mol. The highest BCUT2D eigenvalue weighted by molar-refractivity contribution is 6.30. The van der Waals surface area contributed by atoms with Crippen LogP contribution in [0.4, 0.5) is 0 Å². The van der Waals surface area contributed by atoms with E-state index in [0.29, 0.717) is 43.4 Å². The molecule has 0 spiro atoms. The van der Waals surface area contributed by atoms with Crippen molar-refractivity contribution in [2.75, 3.05) is 46.9 Å². The van der Waals surface area contributed by atoms with Gasteiger partial charge in [0, 0.05) is 37.1 Å². The van der Waals surface area contributed by atoms with Crippen molar-refractivity contribution in [3.05, 3.63) is 28.8 Å². The van der Waals surface area contributed by atoms with E-state index < -0.39 is 0 Å². The summed E-state index contributed by atoms with van der Waals surface area (Å²) in [4.78, 5) is 29.5. The van der Waals surface area contributed by atoms with Crippen molar-refractivity contribution in [3.8, 4) is 5.75 Å². The third kappa shape index (κ3) is 7.88. The summed E-state index contributed by atoms with van der Waals surface area (Å²) in [7, 11) is 4.09. The minimum atomic E-state index is -0.0331. The molecule has 0 radical (unpaired) electrons. The maximum absolute atomic E-state index is 12.8. The molecule has 2 fully saturated rings. The summed E-state index contributed by atoms with van der Waals surface area (Å²) in [5, 5.41) is 3.84. The average Bonchev–Trinajstić information content (AvgIpc) is 2.81. The molecule has 0 bridgehead atoms. The van der Waals surface area contributed by atoms with Gasteiger partial charge < -0.3 is 19.9 Å². The van der Waals surface area contributed by atoms with Gasteiger partial charge in [0.2, 0.25) is 5.91 Å². The van der Waals surface area contributed by atoms with Crippen molar-refractivity contribution in [1.29, 1.82) is 0 Å². The first-order valence-electron chi connectivity index (χ1n) is 12.8. The lowest BCUT2D eigenvalue weighted by atomic mass is 9.84. The molecule has 7 heteroatoms. The molecule has 34 heavy (non-hydrogen) atoms. The summed E-state index contributed by atoms with van der Waals surface area (Å²) in [6.45, 7) is 7.10. The maximum Gasteiger partial charge on any atom is 0.260 e. The van der Waals surface area contributed by atoms with Gasteiger partial charge >= 0.3 is 0 Å². The fourth-order valence-corrected chi connectivity index (χ4v) is 5.57. The topological polar surface area (TPSA) is 61.9 Å². The molecule has 1 aliphatic carbocycles. The van der Waals surface area contributed by atoms with Crippen LogP contribution in [-0.4, -0.2) is 68.5 Å². The van der Waals surface area contributed by atoms with Gasteiger partial charge in [-0.15, -0.1) is 0 Å². The van der Waals surface area contributed by atoms with Crippen LogP contribution < -0.4 is 10.1 Å². The minimum absolute atomic E-state index is 0.0180. The number of benzene rings is 1. The molecule has 0 aromatic heterocycles. The lowest BCUT2D eigenvalue weighted by molar-refractivity contribution is -0.137. The number of likely N-dealkylation sites (tertiary alicyclic amines) is 1. The number of nitrogens with zero attached hydrogens (tertiary/aromatic N) is 2. The first-order chi connectivity index (χ1) is 16.1. The molecular formula is C27H42ClN3O3. The summed E-state index contributed by atoms with van der Waals surface area (Å²) in [5.74, 6) is 1.28. The molecule has 1 aromatic carbocycles. The van der Waals surface area contributed by atoms with Crippen LogP contribution in [0.3, 0.4) is 0 Å². The third-order valence-electron chi connectivity index (χ3n) is 7.07. The molecule has 1 heterocycles. The first kappa shape index (κ1) is 26.8. The van der Waals surface area contributed by atoms with Gasteiger partial charge in [0.1, 0.15) is 5.75 Å². The fraction of sp³-hybridized carbons (Fsp3) is 0.704. The molecule has 0 unspecified atom stereocenters.